The number of nitrogens with two attached hydrogens (primary N) is 1. The van der Waals surface area contributed by atoms with Gasteiger partial charge < -0.3 is 5.73 Å². The van der Waals surface area contributed by atoms with Gasteiger partial charge in [0.05, 0.1) is 0 Å². The smallest absolute Gasteiger partial charge is 0.0142 e. The van der Waals surface area contributed by atoms with Crippen LogP contribution in [0, 0.1) is 10.8 Å². The molecule has 0 heterocycles. The predicted molar refractivity (Wildman–Crippen MR) is 54.0 cm³/mol. The van der Waals surface area contributed by atoms with Gasteiger partial charge in [0.15, 0.2) is 0 Å². The van der Waals surface area contributed by atoms with Crippen LogP contribution in [0.1, 0.15) is 53.4 Å². The summed E-state index contributed by atoms with van der Waals surface area (Å²) in [6.07, 6.45) is 5.40. The van der Waals surface area contributed by atoms with E-state index in [1.165, 1.54) is 25.7 Å². The molecular weight excluding hydrogens is 146 g/mol. The minimum absolute atomic E-state index is 0.263. The molecule has 1 heteroatoms. The topological polar surface area (TPSA) is 26.0 Å². The van der Waals surface area contributed by atoms with Gasteiger partial charge in [-0.2, -0.15) is 0 Å². The van der Waals surface area contributed by atoms with Crippen LogP contribution in [-0.4, -0.2) is 6.04 Å². The van der Waals surface area contributed by atoms with E-state index in [2.05, 4.69) is 27.7 Å². The fourth-order valence-electron chi connectivity index (χ4n) is 2.54. The van der Waals surface area contributed by atoms with Crippen LogP contribution in [0.5, 0.6) is 0 Å². The fourth-order valence-corrected chi connectivity index (χ4v) is 2.54. The molecule has 72 valence electrons. The molecule has 0 aliphatic heterocycles. The largest absolute Gasteiger partial charge is 0.327 e. The molecule has 1 fully saturated rings. The summed E-state index contributed by atoms with van der Waals surface area (Å²) < 4.78 is 0. The molecule has 0 aromatic heterocycles. The summed E-state index contributed by atoms with van der Waals surface area (Å²) in [6, 6.07) is 0.354. The van der Waals surface area contributed by atoms with E-state index in [1.54, 1.807) is 0 Å². The van der Waals surface area contributed by atoms with Crippen molar-refractivity contribution in [3.8, 4) is 0 Å². The number of rotatable bonds is 1. The van der Waals surface area contributed by atoms with Gasteiger partial charge in [0.2, 0.25) is 0 Å². The van der Waals surface area contributed by atoms with Crippen molar-refractivity contribution in [3.05, 3.63) is 0 Å². The SMILES string of the molecule is CC(C)(C)C(N)C1(C)CCCC1. The van der Waals surface area contributed by atoms with Crippen LogP contribution >= 0.6 is 0 Å². The molecule has 1 aliphatic rings. The zero-order valence-corrected chi connectivity index (χ0v) is 8.98. The van der Waals surface area contributed by atoms with Gasteiger partial charge >= 0.3 is 0 Å². The summed E-state index contributed by atoms with van der Waals surface area (Å²) in [5, 5.41) is 0. The zero-order chi connectivity index (χ0) is 9.41. The van der Waals surface area contributed by atoms with Crippen LogP contribution in [0.3, 0.4) is 0 Å². The van der Waals surface area contributed by atoms with Gasteiger partial charge in [-0.1, -0.05) is 40.5 Å². The van der Waals surface area contributed by atoms with E-state index in [0.29, 0.717) is 11.5 Å². The van der Waals surface area contributed by atoms with Crippen LogP contribution in [0.4, 0.5) is 0 Å². The third-order valence-electron chi connectivity index (χ3n) is 3.43. The Morgan fingerprint density at radius 2 is 1.58 bits per heavy atom. The van der Waals surface area contributed by atoms with Crippen LogP contribution in [0.15, 0.2) is 0 Å². The summed E-state index contributed by atoms with van der Waals surface area (Å²) in [7, 11) is 0. The molecule has 0 spiro atoms. The second kappa shape index (κ2) is 3.02. The molecule has 0 aromatic carbocycles. The first-order valence-corrected chi connectivity index (χ1v) is 5.12. The molecule has 1 unspecified atom stereocenters. The Morgan fingerprint density at radius 3 is 1.92 bits per heavy atom. The molecule has 0 radical (unpaired) electrons. The standard InChI is InChI=1S/C11H23N/c1-10(2,3)9(12)11(4)7-5-6-8-11/h9H,5-8,12H2,1-4H3. The van der Waals surface area contributed by atoms with Crippen molar-refractivity contribution in [1.82, 2.24) is 0 Å². The highest BCUT2D eigenvalue weighted by Gasteiger charge is 2.40. The van der Waals surface area contributed by atoms with Crippen LogP contribution in [0.2, 0.25) is 0 Å². The average molecular weight is 169 g/mol. The molecule has 12 heavy (non-hydrogen) atoms. The third-order valence-corrected chi connectivity index (χ3v) is 3.43. The van der Waals surface area contributed by atoms with Gasteiger partial charge in [0, 0.05) is 6.04 Å². The molecule has 1 rings (SSSR count). The predicted octanol–water partition coefficient (Wildman–Crippen LogP) is 2.94. The van der Waals surface area contributed by atoms with Crippen LogP contribution in [-0.2, 0) is 0 Å². The Kier molecular flexibility index (Phi) is 2.53. The first kappa shape index (κ1) is 10.0. The van der Waals surface area contributed by atoms with E-state index in [9.17, 15) is 0 Å². The molecule has 0 bridgehead atoms. The first-order chi connectivity index (χ1) is 5.36. The zero-order valence-electron chi connectivity index (χ0n) is 8.98. The van der Waals surface area contributed by atoms with E-state index in [1.807, 2.05) is 0 Å². The lowest BCUT2D eigenvalue weighted by Gasteiger charge is -2.40. The maximum atomic E-state index is 6.29. The summed E-state index contributed by atoms with van der Waals surface area (Å²) in [6.45, 7) is 9.11. The Balaban J connectivity index is 2.68. The van der Waals surface area contributed by atoms with E-state index >= 15 is 0 Å². The monoisotopic (exact) mass is 169 g/mol. The lowest BCUT2D eigenvalue weighted by molar-refractivity contribution is 0.148. The van der Waals surface area contributed by atoms with Crippen molar-refractivity contribution < 1.29 is 0 Å². The maximum absolute atomic E-state index is 6.29. The summed E-state index contributed by atoms with van der Waals surface area (Å²) >= 11 is 0. The normalized spacial score (nSPS) is 25.8. The Morgan fingerprint density at radius 1 is 1.17 bits per heavy atom. The average Bonchev–Trinajstić information content (AvgIpc) is 2.34. The van der Waals surface area contributed by atoms with Crippen LogP contribution in [0.25, 0.3) is 0 Å². The lowest BCUT2D eigenvalue weighted by Crippen LogP contribution is -2.47. The molecule has 0 amide bonds. The second-order valence-electron chi connectivity index (χ2n) is 5.70. The van der Waals surface area contributed by atoms with Crippen molar-refractivity contribution >= 4 is 0 Å². The quantitative estimate of drug-likeness (QED) is 0.641. The van der Waals surface area contributed by atoms with Gasteiger partial charge in [-0.15, -0.1) is 0 Å². The molecule has 0 aromatic rings. The van der Waals surface area contributed by atoms with Gasteiger partial charge in [-0.25, -0.2) is 0 Å². The maximum Gasteiger partial charge on any atom is 0.0142 e. The highest BCUT2D eigenvalue weighted by Crippen LogP contribution is 2.44. The Hall–Kier alpha value is -0.0400. The molecule has 0 saturated heterocycles. The molecule has 1 nitrogen and oxygen atoms in total. The van der Waals surface area contributed by atoms with E-state index in [-0.39, 0.29) is 5.41 Å². The van der Waals surface area contributed by atoms with Gasteiger partial charge in [0.1, 0.15) is 0 Å². The molecular formula is C11H23N. The molecule has 1 saturated carbocycles. The van der Waals surface area contributed by atoms with Crippen molar-refractivity contribution in [2.75, 3.05) is 0 Å². The highest BCUT2D eigenvalue weighted by atomic mass is 14.7. The number of hydrogen-bond donors (Lipinski definition) is 1. The minimum Gasteiger partial charge on any atom is -0.327 e. The lowest BCUT2D eigenvalue weighted by atomic mass is 9.69. The van der Waals surface area contributed by atoms with Crippen molar-refractivity contribution in [2.24, 2.45) is 16.6 Å². The fraction of sp³-hybridized carbons (Fsp3) is 1.00. The second-order valence-corrected chi connectivity index (χ2v) is 5.70. The van der Waals surface area contributed by atoms with Crippen molar-refractivity contribution in [1.29, 1.82) is 0 Å². The summed E-state index contributed by atoms with van der Waals surface area (Å²) in [5.41, 5.74) is 6.97. The van der Waals surface area contributed by atoms with E-state index in [0.717, 1.165) is 0 Å². The summed E-state index contributed by atoms with van der Waals surface area (Å²) in [4.78, 5) is 0. The summed E-state index contributed by atoms with van der Waals surface area (Å²) in [5.74, 6) is 0. The molecule has 1 atom stereocenters. The Labute approximate surface area is 76.7 Å². The van der Waals surface area contributed by atoms with Crippen molar-refractivity contribution in [2.45, 2.75) is 59.4 Å². The van der Waals surface area contributed by atoms with Crippen molar-refractivity contribution in [3.63, 3.8) is 0 Å². The van der Waals surface area contributed by atoms with Gasteiger partial charge in [-0.05, 0) is 23.7 Å². The van der Waals surface area contributed by atoms with Gasteiger partial charge in [0.25, 0.3) is 0 Å². The first-order valence-electron chi connectivity index (χ1n) is 5.12. The van der Waals surface area contributed by atoms with E-state index < -0.39 is 0 Å². The van der Waals surface area contributed by atoms with E-state index in [4.69, 9.17) is 5.73 Å². The van der Waals surface area contributed by atoms with Crippen LogP contribution < -0.4 is 5.73 Å². The molecule has 2 N–H and O–H groups in total. The number of hydrogen-bond acceptors (Lipinski definition) is 1. The molecule has 1 aliphatic carbocycles. The third kappa shape index (κ3) is 1.82. The Bertz CT molecular complexity index is 149. The minimum atomic E-state index is 0.263. The van der Waals surface area contributed by atoms with Gasteiger partial charge in [-0.3, -0.25) is 0 Å². The highest BCUT2D eigenvalue weighted by molar-refractivity contribution is 4.95.